The van der Waals surface area contributed by atoms with E-state index in [1.54, 1.807) is 6.20 Å². The molecule has 4 rings (SSSR count). The predicted molar refractivity (Wildman–Crippen MR) is 107 cm³/mol. The maximum Gasteiger partial charge on any atom is 0.271 e. The lowest BCUT2D eigenvalue weighted by molar-refractivity contribution is 0.0961. The molecule has 0 unspecified atom stereocenters. The molecule has 2 N–H and O–H groups in total. The normalized spacial score (nSPS) is 13.2. The Balaban J connectivity index is 1.50. The van der Waals surface area contributed by atoms with Gasteiger partial charge in [0.25, 0.3) is 5.91 Å². The van der Waals surface area contributed by atoms with Crippen molar-refractivity contribution in [3.05, 3.63) is 65.2 Å². The molecular formula is C21H22N6O. The smallest absolute Gasteiger partial charge is 0.271 e. The molecule has 1 aliphatic rings. The highest BCUT2D eigenvalue weighted by Crippen LogP contribution is 2.39. The van der Waals surface area contributed by atoms with Gasteiger partial charge in [-0.1, -0.05) is 13.0 Å². The lowest BCUT2D eigenvalue weighted by Crippen LogP contribution is -2.30. The second-order valence-electron chi connectivity index (χ2n) is 6.86. The molecule has 0 radical (unpaired) electrons. The summed E-state index contributed by atoms with van der Waals surface area (Å²) in [6.45, 7) is 3.88. The Morgan fingerprint density at radius 1 is 1.14 bits per heavy atom. The molecule has 1 amide bonds. The van der Waals surface area contributed by atoms with Crippen molar-refractivity contribution < 1.29 is 4.79 Å². The fourth-order valence-electron chi connectivity index (χ4n) is 2.97. The summed E-state index contributed by atoms with van der Waals surface area (Å²) in [4.78, 5) is 30.4. The SMILES string of the molecule is CCc1cc(NNC(=O)c2ccc(C3CC3)nc2C)nc(-c2ccccn2)n1. The number of carbonyl (C=O) groups is 1. The molecule has 3 aromatic rings. The van der Waals surface area contributed by atoms with Crippen LogP contribution in [0.3, 0.4) is 0 Å². The van der Waals surface area contributed by atoms with Crippen LogP contribution in [0.4, 0.5) is 5.82 Å². The third kappa shape index (κ3) is 3.98. The second kappa shape index (κ2) is 7.72. The first-order valence-corrected chi connectivity index (χ1v) is 9.47. The van der Waals surface area contributed by atoms with E-state index in [9.17, 15) is 4.79 Å². The lowest BCUT2D eigenvalue weighted by Gasteiger charge is -2.12. The van der Waals surface area contributed by atoms with Gasteiger partial charge in [-0.3, -0.25) is 25.6 Å². The average Bonchev–Trinajstić information content (AvgIpc) is 3.58. The van der Waals surface area contributed by atoms with Crippen molar-refractivity contribution in [2.24, 2.45) is 0 Å². The number of anilines is 1. The predicted octanol–water partition coefficient (Wildman–Crippen LogP) is 3.44. The first kappa shape index (κ1) is 18.0. The van der Waals surface area contributed by atoms with Crippen molar-refractivity contribution in [2.45, 2.75) is 39.0 Å². The summed E-state index contributed by atoms with van der Waals surface area (Å²) in [5.74, 6) is 1.35. The van der Waals surface area contributed by atoms with Gasteiger partial charge in [0.15, 0.2) is 5.82 Å². The number of rotatable bonds is 6. The van der Waals surface area contributed by atoms with Crippen molar-refractivity contribution >= 4 is 11.7 Å². The third-order valence-corrected chi connectivity index (χ3v) is 4.69. The van der Waals surface area contributed by atoms with Gasteiger partial charge in [0.2, 0.25) is 0 Å². The van der Waals surface area contributed by atoms with Gasteiger partial charge >= 0.3 is 0 Å². The average molecular weight is 374 g/mol. The summed E-state index contributed by atoms with van der Waals surface area (Å²) in [5, 5.41) is 0. The molecule has 0 saturated heterocycles. The molecule has 7 heteroatoms. The molecule has 1 aliphatic carbocycles. The van der Waals surface area contributed by atoms with Crippen LogP contribution in [0.25, 0.3) is 11.5 Å². The highest BCUT2D eigenvalue weighted by Gasteiger charge is 2.25. The number of aryl methyl sites for hydroxylation is 2. The number of hydrogen-bond donors (Lipinski definition) is 2. The summed E-state index contributed by atoms with van der Waals surface area (Å²) >= 11 is 0. The topological polar surface area (TPSA) is 92.7 Å². The fraction of sp³-hybridized carbons (Fsp3) is 0.286. The van der Waals surface area contributed by atoms with Gasteiger partial charge in [-0.15, -0.1) is 0 Å². The van der Waals surface area contributed by atoms with Crippen LogP contribution in [0.15, 0.2) is 42.6 Å². The zero-order valence-electron chi connectivity index (χ0n) is 15.9. The van der Waals surface area contributed by atoms with Gasteiger partial charge < -0.3 is 0 Å². The van der Waals surface area contributed by atoms with Gasteiger partial charge in [-0.05, 0) is 50.5 Å². The second-order valence-corrected chi connectivity index (χ2v) is 6.86. The van der Waals surface area contributed by atoms with Crippen LogP contribution in [-0.4, -0.2) is 25.8 Å². The molecule has 0 aliphatic heterocycles. The molecular weight excluding hydrogens is 352 g/mol. The molecule has 3 heterocycles. The molecule has 3 aromatic heterocycles. The number of hydrogen-bond acceptors (Lipinski definition) is 6. The monoisotopic (exact) mass is 374 g/mol. The summed E-state index contributed by atoms with van der Waals surface area (Å²) in [7, 11) is 0. The third-order valence-electron chi connectivity index (χ3n) is 4.69. The Labute approximate surface area is 163 Å². The molecule has 28 heavy (non-hydrogen) atoms. The van der Waals surface area contributed by atoms with Crippen LogP contribution in [0.1, 0.15) is 53.1 Å². The van der Waals surface area contributed by atoms with Crippen LogP contribution in [0, 0.1) is 6.92 Å². The van der Waals surface area contributed by atoms with Crippen molar-refractivity contribution in [3.63, 3.8) is 0 Å². The number of aromatic nitrogens is 4. The number of amides is 1. The zero-order chi connectivity index (χ0) is 19.5. The maximum absolute atomic E-state index is 12.6. The Kier molecular flexibility index (Phi) is 4.97. The summed E-state index contributed by atoms with van der Waals surface area (Å²) < 4.78 is 0. The highest BCUT2D eigenvalue weighted by molar-refractivity contribution is 5.95. The molecule has 0 atom stereocenters. The standard InChI is InChI=1S/C21H22N6O/c1-3-15-12-19(25-20(24-15)18-6-4-5-11-22-18)26-27-21(28)16-9-10-17(14-7-8-14)23-13(16)2/h4-6,9-12,14H,3,7-8H2,1-2H3,(H,27,28)(H,24,25,26). The first-order chi connectivity index (χ1) is 13.6. The van der Waals surface area contributed by atoms with Crippen LogP contribution in [0.2, 0.25) is 0 Å². The minimum Gasteiger partial charge on any atom is -0.281 e. The largest absolute Gasteiger partial charge is 0.281 e. The van der Waals surface area contributed by atoms with E-state index in [0.29, 0.717) is 28.8 Å². The molecule has 142 valence electrons. The number of pyridine rings is 2. The van der Waals surface area contributed by atoms with E-state index < -0.39 is 0 Å². The Hall–Kier alpha value is -3.35. The quantitative estimate of drug-likeness (QED) is 0.642. The Morgan fingerprint density at radius 2 is 2.00 bits per heavy atom. The van der Waals surface area contributed by atoms with Gasteiger partial charge in [-0.25, -0.2) is 9.97 Å². The number of nitrogens with one attached hydrogen (secondary N) is 2. The van der Waals surface area contributed by atoms with Crippen molar-refractivity contribution in [2.75, 3.05) is 5.43 Å². The number of hydrazine groups is 1. The van der Waals surface area contributed by atoms with E-state index in [1.165, 1.54) is 12.8 Å². The van der Waals surface area contributed by atoms with Gasteiger partial charge in [-0.2, -0.15) is 0 Å². The Bertz CT molecular complexity index is 1000. The van der Waals surface area contributed by atoms with Crippen molar-refractivity contribution in [3.8, 4) is 11.5 Å². The van der Waals surface area contributed by atoms with E-state index in [2.05, 4.69) is 30.8 Å². The van der Waals surface area contributed by atoms with Crippen molar-refractivity contribution in [1.82, 2.24) is 25.4 Å². The summed E-state index contributed by atoms with van der Waals surface area (Å²) in [5.41, 5.74) is 9.51. The maximum atomic E-state index is 12.6. The zero-order valence-corrected chi connectivity index (χ0v) is 15.9. The van der Waals surface area contributed by atoms with Crippen LogP contribution >= 0.6 is 0 Å². The van der Waals surface area contributed by atoms with E-state index in [1.807, 2.05) is 50.2 Å². The van der Waals surface area contributed by atoms with Gasteiger partial charge in [0, 0.05) is 29.6 Å². The Morgan fingerprint density at radius 3 is 2.68 bits per heavy atom. The van der Waals surface area contributed by atoms with E-state index in [4.69, 9.17) is 0 Å². The van der Waals surface area contributed by atoms with Crippen LogP contribution in [-0.2, 0) is 6.42 Å². The highest BCUT2D eigenvalue weighted by atomic mass is 16.2. The van der Waals surface area contributed by atoms with Crippen LogP contribution in [0.5, 0.6) is 0 Å². The van der Waals surface area contributed by atoms with Gasteiger partial charge in [0.1, 0.15) is 11.5 Å². The van der Waals surface area contributed by atoms with Crippen molar-refractivity contribution in [1.29, 1.82) is 0 Å². The van der Waals surface area contributed by atoms with E-state index in [0.717, 1.165) is 23.5 Å². The van der Waals surface area contributed by atoms with Crippen LogP contribution < -0.4 is 10.9 Å². The number of carbonyl (C=O) groups excluding carboxylic acids is 1. The molecule has 1 fully saturated rings. The lowest BCUT2D eigenvalue weighted by atomic mass is 10.1. The first-order valence-electron chi connectivity index (χ1n) is 9.47. The minimum atomic E-state index is -0.247. The molecule has 0 spiro atoms. The minimum absolute atomic E-state index is 0.247. The summed E-state index contributed by atoms with van der Waals surface area (Å²) in [6.07, 6.45) is 4.82. The number of nitrogens with zero attached hydrogens (tertiary/aromatic N) is 4. The molecule has 1 saturated carbocycles. The van der Waals surface area contributed by atoms with Gasteiger partial charge in [0.05, 0.1) is 11.3 Å². The molecule has 7 nitrogen and oxygen atoms in total. The van der Waals surface area contributed by atoms with E-state index >= 15 is 0 Å². The fourth-order valence-corrected chi connectivity index (χ4v) is 2.97. The van der Waals surface area contributed by atoms with E-state index in [-0.39, 0.29) is 5.91 Å². The summed E-state index contributed by atoms with van der Waals surface area (Å²) in [6, 6.07) is 11.2. The molecule has 0 aromatic carbocycles. The molecule has 0 bridgehead atoms.